The van der Waals surface area contributed by atoms with E-state index in [4.69, 9.17) is 16.3 Å². The highest BCUT2D eigenvalue weighted by atomic mass is 35.5. The molecule has 1 fully saturated rings. The molecule has 9 heteroatoms. The summed E-state index contributed by atoms with van der Waals surface area (Å²) >= 11 is 6.23. The van der Waals surface area contributed by atoms with Gasteiger partial charge in [-0.2, -0.15) is 10.1 Å². The molecule has 1 aliphatic heterocycles. The highest BCUT2D eigenvalue weighted by molar-refractivity contribution is 6.33. The van der Waals surface area contributed by atoms with Crippen molar-refractivity contribution in [1.82, 2.24) is 4.90 Å². The minimum absolute atomic E-state index is 0.0613. The van der Waals surface area contributed by atoms with Crippen LogP contribution in [-0.4, -0.2) is 48.6 Å². The molecule has 178 valence electrons. The number of anilines is 1. The van der Waals surface area contributed by atoms with Gasteiger partial charge in [-0.15, -0.1) is 0 Å². The minimum atomic E-state index is -0.808. The molecule has 4 rings (SSSR count). The predicted octanol–water partition coefficient (Wildman–Crippen LogP) is 4.69. The molecule has 2 aliphatic rings. The molecule has 0 saturated heterocycles. The molecule has 0 N–H and O–H groups in total. The third-order valence-corrected chi connectivity index (χ3v) is 6.84. The third-order valence-electron chi connectivity index (χ3n) is 6.53. The minimum Gasteiger partial charge on any atom is -0.379 e. The van der Waals surface area contributed by atoms with Crippen molar-refractivity contribution in [2.75, 3.05) is 18.7 Å². The summed E-state index contributed by atoms with van der Waals surface area (Å²) in [5.74, 6) is -1.39. The topological polar surface area (TPSA) is 79.3 Å². The van der Waals surface area contributed by atoms with E-state index in [9.17, 15) is 18.8 Å². The molecular weight excluding hydrogens is 461 g/mol. The van der Waals surface area contributed by atoms with Crippen LogP contribution in [0.25, 0.3) is 0 Å². The van der Waals surface area contributed by atoms with Crippen molar-refractivity contribution in [2.45, 2.75) is 38.6 Å². The number of imide groups is 1. The lowest BCUT2D eigenvalue weighted by Gasteiger charge is -2.40. The van der Waals surface area contributed by atoms with E-state index in [0.29, 0.717) is 36.8 Å². The normalized spacial score (nSPS) is 22.4. The number of hydrogen-bond donors (Lipinski definition) is 0. The molecule has 1 saturated carbocycles. The molecule has 34 heavy (non-hydrogen) atoms. The first-order valence-electron chi connectivity index (χ1n) is 11.0. The molecule has 2 aromatic carbocycles. The Morgan fingerprint density at radius 2 is 1.82 bits per heavy atom. The summed E-state index contributed by atoms with van der Waals surface area (Å²) in [7, 11) is 1.50. The van der Waals surface area contributed by atoms with Crippen LogP contribution in [0.15, 0.2) is 47.6 Å². The van der Waals surface area contributed by atoms with E-state index in [0.717, 1.165) is 6.07 Å². The number of hydrazone groups is 1. The number of rotatable bonds is 6. The molecule has 0 radical (unpaired) electrons. The Labute approximate surface area is 202 Å². The van der Waals surface area contributed by atoms with E-state index >= 15 is 0 Å². The van der Waals surface area contributed by atoms with Crippen molar-refractivity contribution in [3.05, 3.63) is 64.4 Å². The Bertz CT molecular complexity index is 1130. The lowest BCUT2D eigenvalue weighted by Crippen LogP contribution is -2.48. The summed E-state index contributed by atoms with van der Waals surface area (Å²) in [6.07, 6.45) is 3.30. The second-order valence-electron chi connectivity index (χ2n) is 8.78. The second-order valence-corrected chi connectivity index (χ2v) is 9.19. The fourth-order valence-electron chi connectivity index (χ4n) is 4.57. The maximum atomic E-state index is 13.7. The smallest absolute Gasteiger partial charge is 0.261 e. The summed E-state index contributed by atoms with van der Waals surface area (Å²) in [4.78, 5) is 40.7. The number of methoxy groups -OCH3 is 1. The number of hydrogen-bond acceptors (Lipinski definition) is 5. The van der Waals surface area contributed by atoms with Crippen molar-refractivity contribution < 1.29 is 23.5 Å². The zero-order valence-corrected chi connectivity index (χ0v) is 19.7. The Hall–Kier alpha value is -3.10. The van der Waals surface area contributed by atoms with E-state index in [-0.39, 0.29) is 41.1 Å². The zero-order valence-electron chi connectivity index (χ0n) is 19.0. The molecule has 0 bridgehead atoms. The Morgan fingerprint density at radius 3 is 2.38 bits per heavy atom. The number of ether oxygens (including phenoxy) is 1. The molecule has 1 heterocycles. The van der Waals surface area contributed by atoms with E-state index in [1.54, 1.807) is 24.3 Å². The van der Waals surface area contributed by atoms with Crippen LogP contribution in [0.4, 0.5) is 10.1 Å². The van der Waals surface area contributed by atoms with E-state index in [1.807, 2.05) is 6.92 Å². The van der Waals surface area contributed by atoms with Gasteiger partial charge in [0.2, 0.25) is 0 Å². The van der Waals surface area contributed by atoms with Crippen molar-refractivity contribution >= 4 is 41.2 Å². The van der Waals surface area contributed by atoms with Crippen LogP contribution in [0.2, 0.25) is 5.02 Å². The molecule has 0 atom stereocenters. The SMILES string of the molecule is COC/C=N/N(c1ccc(F)cc1Cl)C(=O)[C@]1(C)CC[C@@H](N2C(=O)c3ccccc3C2=O)CC1. The van der Waals surface area contributed by atoms with Gasteiger partial charge in [0.1, 0.15) is 5.82 Å². The van der Waals surface area contributed by atoms with Crippen molar-refractivity contribution in [1.29, 1.82) is 0 Å². The molecular formula is C25H25ClFN3O4. The summed E-state index contributed by atoms with van der Waals surface area (Å²) in [6.45, 7) is 2.02. The van der Waals surface area contributed by atoms with Crippen LogP contribution in [0.3, 0.4) is 0 Å². The number of amides is 3. The summed E-state index contributed by atoms with van der Waals surface area (Å²) in [5.41, 5.74) is 0.296. The standard InChI is InChI=1S/C25H25ClFN3O4/c1-25(24(33)30(28-13-14-34-2)21-8-7-16(27)15-20(21)26)11-9-17(10-12-25)29-22(31)18-5-3-4-6-19(18)23(29)32/h3-8,13,15,17H,9-12,14H2,1-2H3/b28-13+/t17-,25-. The fraction of sp³-hybridized carbons (Fsp3) is 0.360. The highest BCUT2D eigenvalue weighted by Crippen LogP contribution is 2.42. The van der Waals surface area contributed by atoms with Crippen molar-refractivity contribution in [3.8, 4) is 0 Å². The average molecular weight is 486 g/mol. The van der Waals surface area contributed by atoms with Gasteiger partial charge in [-0.3, -0.25) is 19.3 Å². The van der Waals surface area contributed by atoms with Gasteiger partial charge in [0.15, 0.2) is 0 Å². The Kier molecular flexibility index (Phi) is 6.81. The van der Waals surface area contributed by atoms with Gasteiger partial charge in [0.05, 0.1) is 34.7 Å². The van der Waals surface area contributed by atoms with Crippen molar-refractivity contribution in [2.24, 2.45) is 10.5 Å². The molecule has 2 aromatic rings. The zero-order chi connectivity index (χ0) is 24.5. The largest absolute Gasteiger partial charge is 0.379 e. The first kappa shape index (κ1) is 24.0. The van der Waals surface area contributed by atoms with Gasteiger partial charge in [0.25, 0.3) is 17.7 Å². The number of halogens is 2. The monoisotopic (exact) mass is 485 g/mol. The van der Waals surface area contributed by atoms with Gasteiger partial charge < -0.3 is 4.74 Å². The highest BCUT2D eigenvalue weighted by Gasteiger charge is 2.46. The van der Waals surface area contributed by atoms with Crippen LogP contribution in [0.1, 0.15) is 53.3 Å². The molecule has 3 amide bonds. The van der Waals surface area contributed by atoms with Crippen LogP contribution in [-0.2, 0) is 9.53 Å². The van der Waals surface area contributed by atoms with Gasteiger partial charge in [0, 0.05) is 18.6 Å². The molecule has 0 spiro atoms. The number of carbonyl (C=O) groups is 3. The van der Waals surface area contributed by atoms with E-state index in [1.165, 1.54) is 35.4 Å². The first-order valence-corrected chi connectivity index (χ1v) is 11.4. The van der Waals surface area contributed by atoms with Crippen molar-refractivity contribution in [3.63, 3.8) is 0 Å². The predicted molar refractivity (Wildman–Crippen MR) is 127 cm³/mol. The lowest BCUT2D eigenvalue weighted by molar-refractivity contribution is -0.129. The van der Waals surface area contributed by atoms with Gasteiger partial charge in [-0.1, -0.05) is 30.7 Å². The maximum absolute atomic E-state index is 13.7. The third kappa shape index (κ3) is 4.35. The maximum Gasteiger partial charge on any atom is 0.261 e. The molecule has 0 unspecified atom stereocenters. The number of nitrogens with zero attached hydrogens (tertiary/aromatic N) is 3. The fourth-order valence-corrected chi connectivity index (χ4v) is 4.82. The summed E-state index contributed by atoms with van der Waals surface area (Å²) < 4.78 is 18.6. The number of benzene rings is 2. The summed E-state index contributed by atoms with van der Waals surface area (Å²) in [5, 5.41) is 5.50. The van der Waals surface area contributed by atoms with E-state index in [2.05, 4.69) is 5.10 Å². The first-order chi connectivity index (χ1) is 16.3. The van der Waals surface area contributed by atoms with Crippen LogP contribution >= 0.6 is 11.6 Å². The van der Waals surface area contributed by atoms with Crippen LogP contribution in [0, 0.1) is 11.2 Å². The molecule has 7 nitrogen and oxygen atoms in total. The average Bonchev–Trinajstić information content (AvgIpc) is 3.08. The second kappa shape index (κ2) is 9.64. The number of fused-ring (bicyclic) bond motifs is 1. The van der Waals surface area contributed by atoms with Crippen LogP contribution < -0.4 is 5.01 Å². The van der Waals surface area contributed by atoms with Gasteiger partial charge >= 0.3 is 0 Å². The summed E-state index contributed by atoms with van der Waals surface area (Å²) in [6, 6.07) is 10.3. The number of carbonyl (C=O) groups excluding carboxylic acids is 3. The van der Waals surface area contributed by atoms with Crippen LogP contribution in [0.5, 0.6) is 0 Å². The van der Waals surface area contributed by atoms with Gasteiger partial charge in [-0.25, -0.2) is 4.39 Å². The Morgan fingerprint density at radius 1 is 1.21 bits per heavy atom. The quantitative estimate of drug-likeness (QED) is 0.338. The molecule has 0 aromatic heterocycles. The van der Waals surface area contributed by atoms with Gasteiger partial charge in [-0.05, 0) is 56.0 Å². The Balaban J connectivity index is 1.53. The van der Waals surface area contributed by atoms with E-state index < -0.39 is 11.2 Å². The lowest BCUT2D eigenvalue weighted by atomic mass is 9.72. The molecule has 1 aliphatic carbocycles.